The number of nitrogens with one attached hydrogen (secondary N) is 4. The minimum atomic E-state index is -1.03. The highest BCUT2D eigenvalue weighted by Gasteiger charge is 2.32. The Kier molecular flexibility index (Phi) is 17.0. The van der Waals surface area contributed by atoms with E-state index < -0.39 is 41.9 Å². The van der Waals surface area contributed by atoms with Crippen LogP contribution in [-0.4, -0.2) is 91.3 Å². The van der Waals surface area contributed by atoms with Crippen molar-refractivity contribution in [3.05, 3.63) is 83.9 Å². The van der Waals surface area contributed by atoms with Crippen LogP contribution in [0.2, 0.25) is 0 Å². The van der Waals surface area contributed by atoms with Crippen LogP contribution < -0.4 is 21.3 Å². The van der Waals surface area contributed by atoms with Crippen molar-refractivity contribution in [2.45, 2.75) is 90.9 Å². The van der Waals surface area contributed by atoms with E-state index in [2.05, 4.69) is 27.8 Å². The Hall–Kier alpha value is -4.35. The highest BCUT2D eigenvalue weighted by molar-refractivity contribution is 6.01. The molecule has 2 aromatic rings. The number of Topliss-reactive ketones (excluding diaryl/α,β-unsaturated/α-hetero) is 1. The van der Waals surface area contributed by atoms with Crippen molar-refractivity contribution in [3.8, 4) is 0 Å². The number of carbonyl (C=O) groups excluding carboxylic acids is 5. The number of ketones is 1. The van der Waals surface area contributed by atoms with Crippen LogP contribution in [0.3, 0.4) is 0 Å². The van der Waals surface area contributed by atoms with Gasteiger partial charge in [0.1, 0.15) is 18.1 Å². The highest BCUT2D eigenvalue weighted by atomic mass is 16.5. The molecule has 0 saturated carbocycles. The molecule has 0 radical (unpaired) electrons. The first-order valence-electron chi connectivity index (χ1n) is 18.1. The number of aryl methyl sites for hydroxylation is 1. The van der Waals surface area contributed by atoms with Gasteiger partial charge in [-0.25, -0.2) is 0 Å². The number of amides is 4. The number of benzene rings is 2. The number of hydrogen-bond donors (Lipinski definition) is 4. The Morgan fingerprint density at radius 3 is 1.75 bits per heavy atom. The van der Waals surface area contributed by atoms with Crippen LogP contribution in [0.1, 0.15) is 65.0 Å². The van der Waals surface area contributed by atoms with Crippen molar-refractivity contribution in [2.75, 3.05) is 32.8 Å². The zero-order chi connectivity index (χ0) is 37.3. The van der Waals surface area contributed by atoms with Crippen LogP contribution in [0.15, 0.2) is 72.8 Å². The van der Waals surface area contributed by atoms with E-state index in [0.29, 0.717) is 57.6 Å². The molecular formula is C40H57N5O6. The average molecular weight is 704 g/mol. The summed E-state index contributed by atoms with van der Waals surface area (Å²) in [6.07, 6.45) is 1.75. The Morgan fingerprint density at radius 2 is 1.18 bits per heavy atom. The van der Waals surface area contributed by atoms with Gasteiger partial charge in [-0.05, 0) is 61.1 Å². The third-order valence-electron chi connectivity index (χ3n) is 8.70. The molecule has 51 heavy (non-hydrogen) atoms. The molecule has 4 atom stereocenters. The van der Waals surface area contributed by atoms with Gasteiger partial charge in [-0.2, -0.15) is 0 Å². The number of nitrogens with zero attached hydrogens (tertiary/aromatic N) is 1. The van der Waals surface area contributed by atoms with E-state index in [-0.39, 0.29) is 36.5 Å². The van der Waals surface area contributed by atoms with Crippen molar-refractivity contribution in [2.24, 2.45) is 11.8 Å². The van der Waals surface area contributed by atoms with Crippen molar-refractivity contribution in [3.63, 3.8) is 0 Å². The Bertz CT molecular complexity index is 1440. The molecule has 0 bridgehead atoms. The third-order valence-corrected chi connectivity index (χ3v) is 8.70. The van der Waals surface area contributed by atoms with Crippen molar-refractivity contribution >= 4 is 29.4 Å². The van der Waals surface area contributed by atoms with E-state index in [1.54, 1.807) is 6.92 Å². The molecule has 1 fully saturated rings. The lowest BCUT2D eigenvalue weighted by Gasteiger charge is -2.29. The molecule has 2 aromatic carbocycles. The number of carbonyl (C=O) groups is 5. The summed E-state index contributed by atoms with van der Waals surface area (Å²) in [6.45, 7) is 15.7. The zero-order valence-corrected chi connectivity index (χ0v) is 30.9. The van der Waals surface area contributed by atoms with E-state index in [1.165, 1.54) is 0 Å². The third kappa shape index (κ3) is 14.8. The lowest BCUT2D eigenvalue weighted by molar-refractivity contribution is -0.134. The zero-order valence-electron chi connectivity index (χ0n) is 30.9. The number of rotatable bonds is 20. The second-order valence-corrected chi connectivity index (χ2v) is 14.3. The molecule has 278 valence electrons. The van der Waals surface area contributed by atoms with E-state index in [0.717, 1.165) is 11.1 Å². The van der Waals surface area contributed by atoms with E-state index in [9.17, 15) is 24.0 Å². The number of morpholine rings is 1. The number of hydrogen-bond acceptors (Lipinski definition) is 7. The number of ether oxygens (including phenoxy) is 1. The van der Waals surface area contributed by atoms with Crippen LogP contribution in [-0.2, 0) is 41.6 Å². The smallest absolute Gasteiger partial charge is 0.243 e. The van der Waals surface area contributed by atoms with Gasteiger partial charge in [0.15, 0.2) is 5.78 Å². The fourth-order valence-corrected chi connectivity index (χ4v) is 6.01. The lowest BCUT2D eigenvalue weighted by atomic mass is 9.96. The highest BCUT2D eigenvalue weighted by Crippen LogP contribution is 2.13. The molecule has 4 unspecified atom stereocenters. The molecule has 0 aliphatic carbocycles. The maximum Gasteiger partial charge on any atom is 0.243 e. The molecule has 1 aliphatic heterocycles. The van der Waals surface area contributed by atoms with Crippen LogP contribution >= 0.6 is 0 Å². The minimum Gasteiger partial charge on any atom is -0.379 e. The van der Waals surface area contributed by atoms with E-state index in [1.807, 2.05) is 93.3 Å². The van der Waals surface area contributed by atoms with E-state index >= 15 is 0 Å². The summed E-state index contributed by atoms with van der Waals surface area (Å²) in [5.74, 6) is -1.91. The quantitative estimate of drug-likeness (QED) is 0.155. The largest absolute Gasteiger partial charge is 0.379 e. The van der Waals surface area contributed by atoms with Gasteiger partial charge in [0.2, 0.25) is 23.6 Å². The van der Waals surface area contributed by atoms with Gasteiger partial charge in [-0.15, -0.1) is 0 Å². The summed E-state index contributed by atoms with van der Waals surface area (Å²) < 4.78 is 5.40. The fourth-order valence-electron chi connectivity index (χ4n) is 6.01. The Morgan fingerprint density at radius 1 is 0.686 bits per heavy atom. The second-order valence-electron chi connectivity index (χ2n) is 14.3. The standard InChI is InChI=1S/C40H57N5O6/c1-27(2)23-33(37(47)29(5)6)42-40(50)35(25-31-15-11-8-12-16-31)44-39(49)34(24-28(3)4)43-38(48)32(18-17-30-13-9-7-10-14-30)41-36(46)26-45-19-21-51-22-20-45/h7-16,27-28,32-35H,5,17-26H2,1-4,6H3,(H,41,46)(H,42,50)(H,43,48)(H,44,49). The molecule has 0 aromatic heterocycles. The first-order chi connectivity index (χ1) is 24.3. The predicted octanol–water partition coefficient (Wildman–Crippen LogP) is 3.37. The predicted molar refractivity (Wildman–Crippen MR) is 199 cm³/mol. The van der Waals surface area contributed by atoms with Crippen molar-refractivity contribution < 1.29 is 28.7 Å². The van der Waals surface area contributed by atoms with E-state index in [4.69, 9.17) is 4.74 Å². The molecule has 4 amide bonds. The summed E-state index contributed by atoms with van der Waals surface area (Å²) in [6, 6.07) is 15.3. The van der Waals surface area contributed by atoms with Gasteiger partial charge in [0.25, 0.3) is 0 Å². The minimum absolute atomic E-state index is 0.0183. The molecule has 1 aliphatic rings. The fraction of sp³-hybridized carbons (Fsp3) is 0.525. The Labute approximate surface area is 303 Å². The average Bonchev–Trinajstić information content (AvgIpc) is 3.09. The molecule has 4 N–H and O–H groups in total. The molecule has 11 heteroatoms. The van der Waals surface area contributed by atoms with Crippen molar-refractivity contribution in [1.82, 2.24) is 26.2 Å². The van der Waals surface area contributed by atoms with Gasteiger partial charge in [0, 0.05) is 19.5 Å². The van der Waals surface area contributed by atoms with Gasteiger partial charge < -0.3 is 26.0 Å². The van der Waals surface area contributed by atoms with Gasteiger partial charge in [-0.1, -0.05) is 94.9 Å². The SMILES string of the molecule is C=C(C)C(=O)C(CC(C)C)NC(=O)C(Cc1ccccc1)NC(=O)C(CC(C)C)NC(=O)C(CCc1ccccc1)NC(=O)CN1CCOCC1. The molecule has 11 nitrogen and oxygen atoms in total. The Balaban J connectivity index is 1.82. The molecule has 0 spiro atoms. The van der Waals surface area contributed by atoms with Gasteiger partial charge >= 0.3 is 0 Å². The monoisotopic (exact) mass is 703 g/mol. The summed E-state index contributed by atoms with van der Waals surface area (Å²) in [5.41, 5.74) is 2.17. The maximum absolute atomic E-state index is 14.0. The van der Waals surface area contributed by atoms with Crippen LogP contribution in [0.5, 0.6) is 0 Å². The van der Waals surface area contributed by atoms with Gasteiger partial charge in [-0.3, -0.25) is 28.9 Å². The van der Waals surface area contributed by atoms with Crippen LogP contribution in [0.25, 0.3) is 0 Å². The maximum atomic E-state index is 14.0. The van der Waals surface area contributed by atoms with Crippen molar-refractivity contribution in [1.29, 1.82) is 0 Å². The summed E-state index contributed by atoms with van der Waals surface area (Å²) in [7, 11) is 0. The summed E-state index contributed by atoms with van der Waals surface area (Å²) in [5, 5.41) is 11.6. The first kappa shape index (κ1) is 41.1. The van der Waals surface area contributed by atoms with Crippen LogP contribution in [0.4, 0.5) is 0 Å². The van der Waals surface area contributed by atoms with Gasteiger partial charge in [0.05, 0.1) is 25.8 Å². The molecule has 1 heterocycles. The molecular weight excluding hydrogens is 646 g/mol. The topological polar surface area (TPSA) is 146 Å². The van der Waals surface area contributed by atoms with Crippen LogP contribution in [0, 0.1) is 11.8 Å². The summed E-state index contributed by atoms with van der Waals surface area (Å²) >= 11 is 0. The second kappa shape index (κ2) is 21.1. The normalized spacial score (nSPS) is 15.7. The molecule has 3 rings (SSSR count). The molecule has 1 saturated heterocycles. The first-order valence-corrected chi connectivity index (χ1v) is 18.1. The lowest BCUT2D eigenvalue weighted by Crippen LogP contribution is -2.59. The summed E-state index contributed by atoms with van der Waals surface area (Å²) in [4.78, 5) is 69.9.